The van der Waals surface area contributed by atoms with Crippen LogP contribution < -0.4 is 10.6 Å². The third kappa shape index (κ3) is 6.81. The molecule has 0 saturated heterocycles. The van der Waals surface area contributed by atoms with Crippen LogP contribution in [0.5, 0.6) is 0 Å². The van der Waals surface area contributed by atoms with Crippen LogP contribution in [0.1, 0.15) is 52.9 Å². The fraction of sp³-hybridized carbons (Fsp3) is 0.833. The van der Waals surface area contributed by atoms with Gasteiger partial charge in [0.15, 0.2) is 0 Å². The average Bonchev–Trinajstić information content (AvgIpc) is 2.27. The predicted molar refractivity (Wildman–Crippen MR) is 67.0 cm³/mol. The van der Waals surface area contributed by atoms with Crippen LogP contribution in [0, 0.1) is 0 Å². The molecular weight excluding hydrogens is 220 g/mol. The van der Waals surface area contributed by atoms with Gasteiger partial charge in [0.2, 0.25) is 0 Å². The van der Waals surface area contributed by atoms with Crippen molar-refractivity contribution in [2.75, 3.05) is 0 Å². The maximum atomic E-state index is 11.6. The van der Waals surface area contributed by atoms with Gasteiger partial charge in [-0.15, -0.1) is 0 Å². The lowest BCUT2D eigenvalue weighted by molar-refractivity contribution is -0.139. The molecule has 2 atom stereocenters. The van der Waals surface area contributed by atoms with Crippen molar-refractivity contribution in [3.8, 4) is 0 Å². The van der Waals surface area contributed by atoms with E-state index in [4.69, 9.17) is 5.11 Å². The monoisotopic (exact) mass is 244 g/mol. The van der Waals surface area contributed by atoms with Crippen molar-refractivity contribution < 1.29 is 14.7 Å². The van der Waals surface area contributed by atoms with Crippen LogP contribution in [0.2, 0.25) is 0 Å². The second-order valence-corrected chi connectivity index (χ2v) is 4.19. The first-order valence-corrected chi connectivity index (χ1v) is 6.34. The summed E-state index contributed by atoms with van der Waals surface area (Å²) in [7, 11) is 0. The van der Waals surface area contributed by atoms with Gasteiger partial charge in [-0.05, 0) is 19.3 Å². The van der Waals surface area contributed by atoms with Crippen molar-refractivity contribution >= 4 is 12.0 Å². The molecule has 0 aliphatic heterocycles. The molecule has 0 saturated carbocycles. The SMILES string of the molecule is CCCC(CC)NC(=O)N[C@H](CCC)C(=O)O. The van der Waals surface area contributed by atoms with E-state index in [-0.39, 0.29) is 12.1 Å². The summed E-state index contributed by atoms with van der Waals surface area (Å²) in [5.74, 6) is -0.981. The number of carbonyl (C=O) groups excluding carboxylic acids is 1. The number of hydrogen-bond acceptors (Lipinski definition) is 2. The Morgan fingerprint density at radius 1 is 1.06 bits per heavy atom. The fourth-order valence-corrected chi connectivity index (χ4v) is 1.66. The molecule has 0 spiro atoms. The number of nitrogens with one attached hydrogen (secondary N) is 2. The van der Waals surface area contributed by atoms with Crippen molar-refractivity contribution in [3.05, 3.63) is 0 Å². The van der Waals surface area contributed by atoms with Gasteiger partial charge in [0, 0.05) is 6.04 Å². The summed E-state index contributed by atoms with van der Waals surface area (Å²) in [4.78, 5) is 22.5. The molecule has 5 nitrogen and oxygen atoms in total. The Morgan fingerprint density at radius 3 is 2.06 bits per heavy atom. The van der Waals surface area contributed by atoms with Crippen LogP contribution in [0.15, 0.2) is 0 Å². The van der Waals surface area contributed by atoms with Gasteiger partial charge in [-0.2, -0.15) is 0 Å². The zero-order valence-corrected chi connectivity index (χ0v) is 11.0. The van der Waals surface area contributed by atoms with Gasteiger partial charge in [-0.3, -0.25) is 0 Å². The summed E-state index contributed by atoms with van der Waals surface area (Å²) in [6.07, 6.45) is 3.94. The van der Waals surface area contributed by atoms with E-state index < -0.39 is 12.0 Å². The summed E-state index contributed by atoms with van der Waals surface area (Å²) in [5, 5.41) is 14.2. The molecule has 2 amide bonds. The molecule has 17 heavy (non-hydrogen) atoms. The summed E-state index contributed by atoms with van der Waals surface area (Å²) in [5.41, 5.74) is 0. The van der Waals surface area contributed by atoms with Gasteiger partial charge < -0.3 is 15.7 Å². The van der Waals surface area contributed by atoms with Crippen LogP contribution >= 0.6 is 0 Å². The zero-order valence-electron chi connectivity index (χ0n) is 11.0. The van der Waals surface area contributed by atoms with Crippen molar-refractivity contribution in [2.45, 2.75) is 65.0 Å². The minimum atomic E-state index is -0.981. The van der Waals surface area contributed by atoms with Gasteiger partial charge in [-0.25, -0.2) is 9.59 Å². The normalized spacial score (nSPS) is 13.8. The van der Waals surface area contributed by atoms with E-state index in [1.165, 1.54) is 0 Å². The van der Waals surface area contributed by atoms with E-state index in [1.807, 2.05) is 13.8 Å². The van der Waals surface area contributed by atoms with E-state index in [2.05, 4.69) is 17.6 Å². The Labute approximate surface area is 103 Å². The fourth-order valence-electron chi connectivity index (χ4n) is 1.66. The van der Waals surface area contributed by atoms with E-state index >= 15 is 0 Å². The molecule has 0 aliphatic carbocycles. The number of hydrogen-bond donors (Lipinski definition) is 3. The van der Waals surface area contributed by atoms with Crippen molar-refractivity contribution in [2.24, 2.45) is 0 Å². The molecule has 0 aromatic heterocycles. The van der Waals surface area contributed by atoms with E-state index in [9.17, 15) is 9.59 Å². The third-order valence-corrected chi connectivity index (χ3v) is 2.65. The Hall–Kier alpha value is -1.26. The van der Waals surface area contributed by atoms with Crippen molar-refractivity contribution in [3.63, 3.8) is 0 Å². The smallest absolute Gasteiger partial charge is 0.326 e. The van der Waals surface area contributed by atoms with Crippen LogP contribution in [0.4, 0.5) is 4.79 Å². The number of urea groups is 1. The Morgan fingerprint density at radius 2 is 1.65 bits per heavy atom. The summed E-state index contributed by atoms with van der Waals surface area (Å²) < 4.78 is 0. The maximum Gasteiger partial charge on any atom is 0.326 e. The highest BCUT2D eigenvalue weighted by molar-refractivity contribution is 5.82. The molecule has 0 bridgehead atoms. The Kier molecular flexibility index (Phi) is 8.19. The van der Waals surface area contributed by atoms with Crippen LogP contribution in [-0.4, -0.2) is 29.2 Å². The maximum absolute atomic E-state index is 11.6. The highest BCUT2D eigenvalue weighted by Gasteiger charge is 2.19. The number of carboxylic acid groups (broad SMARTS) is 1. The molecule has 0 rings (SSSR count). The summed E-state index contributed by atoms with van der Waals surface area (Å²) in [6, 6.07) is -1.05. The molecule has 1 unspecified atom stereocenters. The number of carboxylic acids is 1. The first-order chi connectivity index (χ1) is 8.04. The first-order valence-electron chi connectivity index (χ1n) is 6.34. The van der Waals surface area contributed by atoms with Gasteiger partial charge >= 0.3 is 12.0 Å². The molecular formula is C12H24N2O3. The minimum absolute atomic E-state index is 0.121. The van der Waals surface area contributed by atoms with Gasteiger partial charge in [0.05, 0.1) is 0 Å². The molecule has 0 radical (unpaired) electrons. The average molecular weight is 244 g/mol. The van der Waals surface area contributed by atoms with E-state index in [0.717, 1.165) is 25.7 Å². The molecule has 0 heterocycles. The van der Waals surface area contributed by atoms with E-state index in [1.54, 1.807) is 0 Å². The highest BCUT2D eigenvalue weighted by Crippen LogP contribution is 2.01. The topological polar surface area (TPSA) is 78.4 Å². The molecule has 0 aromatic carbocycles. The van der Waals surface area contributed by atoms with Crippen LogP contribution in [-0.2, 0) is 4.79 Å². The molecule has 0 fully saturated rings. The number of rotatable bonds is 8. The summed E-state index contributed by atoms with van der Waals surface area (Å²) >= 11 is 0. The van der Waals surface area contributed by atoms with Gasteiger partial charge in [0.1, 0.15) is 6.04 Å². The number of amides is 2. The third-order valence-electron chi connectivity index (χ3n) is 2.65. The lowest BCUT2D eigenvalue weighted by Gasteiger charge is -2.19. The lowest BCUT2D eigenvalue weighted by atomic mass is 10.1. The second-order valence-electron chi connectivity index (χ2n) is 4.19. The molecule has 3 N–H and O–H groups in total. The first kappa shape index (κ1) is 15.7. The Balaban J connectivity index is 4.16. The quantitative estimate of drug-likeness (QED) is 0.612. The van der Waals surface area contributed by atoms with E-state index in [0.29, 0.717) is 6.42 Å². The van der Waals surface area contributed by atoms with Gasteiger partial charge in [-0.1, -0.05) is 33.6 Å². The minimum Gasteiger partial charge on any atom is -0.480 e. The molecule has 0 aromatic rings. The van der Waals surface area contributed by atoms with Crippen molar-refractivity contribution in [1.29, 1.82) is 0 Å². The molecule has 0 aliphatic rings. The Bertz CT molecular complexity index is 244. The van der Waals surface area contributed by atoms with Crippen LogP contribution in [0.25, 0.3) is 0 Å². The largest absolute Gasteiger partial charge is 0.480 e. The molecule has 100 valence electrons. The van der Waals surface area contributed by atoms with Crippen LogP contribution in [0.3, 0.4) is 0 Å². The second kappa shape index (κ2) is 8.84. The lowest BCUT2D eigenvalue weighted by Crippen LogP contribution is -2.48. The molecule has 5 heteroatoms. The predicted octanol–water partition coefficient (Wildman–Crippen LogP) is 2.12. The number of carbonyl (C=O) groups is 2. The van der Waals surface area contributed by atoms with Crippen molar-refractivity contribution in [1.82, 2.24) is 10.6 Å². The zero-order chi connectivity index (χ0) is 13.3. The standard InChI is InChI=1S/C12H24N2O3/c1-4-7-9(6-3)13-12(17)14-10(8-5-2)11(15)16/h9-10H,4-8H2,1-3H3,(H,15,16)(H2,13,14,17)/t9?,10-/m1/s1. The van der Waals surface area contributed by atoms with Gasteiger partial charge in [0.25, 0.3) is 0 Å². The summed E-state index contributed by atoms with van der Waals surface area (Å²) in [6.45, 7) is 5.95. The highest BCUT2D eigenvalue weighted by atomic mass is 16.4. The number of aliphatic carboxylic acids is 1.